The highest BCUT2D eigenvalue weighted by atomic mass is 35.5. The number of carbonyl (C=O) groups is 4. The molecule has 292 valence electrons. The van der Waals surface area contributed by atoms with E-state index in [9.17, 15) is 23.6 Å². The van der Waals surface area contributed by atoms with Gasteiger partial charge in [0.2, 0.25) is 11.8 Å². The van der Waals surface area contributed by atoms with Crippen molar-refractivity contribution in [3.63, 3.8) is 0 Å². The van der Waals surface area contributed by atoms with Crippen LogP contribution in [0.5, 0.6) is 5.75 Å². The van der Waals surface area contributed by atoms with Crippen molar-refractivity contribution in [1.29, 1.82) is 0 Å². The Bertz CT molecular complexity index is 2220. The maximum absolute atomic E-state index is 14.2. The molecule has 1 saturated carbocycles. The van der Waals surface area contributed by atoms with Crippen molar-refractivity contribution in [2.45, 2.75) is 82.4 Å². The predicted molar refractivity (Wildman–Crippen MR) is 208 cm³/mol. The molecule has 56 heavy (non-hydrogen) atoms. The summed E-state index contributed by atoms with van der Waals surface area (Å²) >= 11 is 12.5. The quantitative estimate of drug-likeness (QED) is 0.133. The summed E-state index contributed by atoms with van der Waals surface area (Å²) in [7, 11) is 0. The number of carbonyl (C=O) groups excluding carboxylic acids is 4. The second kappa shape index (κ2) is 15.6. The van der Waals surface area contributed by atoms with E-state index in [0.29, 0.717) is 39.4 Å². The number of fused-ring (bicyclic) bond motifs is 1. The molecule has 0 spiro atoms. The summed E-state index contributed by atoms with van der Waals surface area (Å²) in [6.07, 6.45) is 11.3. The number of nitrogens with two attached hydrogens (primary N) is 1. The second-order valence-electron chi connectivity index (χ2n) is 15.3. The average molecular weight is 803 g/mol. The Balaban J connectivity index is 0.827. The van der Waals surface area contributed by atoms with E-state index in [0.717, 1.165) is 79.7 Å². The first-order chi connectivity index (χ1) is 26.9. The smallest absolute Gasteiger partial charge is 0.262 e. The molecule has 3 fully saturated rings. The molecule has 4 amide bonds. The summed E-state index contributed by atoms with van der Waals surface area (Å²) in [6, 6.07) is 9.27. The second-order valence-corrected chi connectivity index (χ2v) is 16.1. The number of likely N-dealkylation sites (tertiary alicyclic amines) is 1. The number of hydrogen-bond donors (Lipinski definition) is 2. The Morgan fingerprint density at radius 1 is 0.929 bits per heavy atom. The van der Waals surface area contributed by atoms with Gasteiger partial charge in [-0.15, -0.1) is 0 Å². The van der Waals surface area contributed by atoms with E-state index < -0.39 is 41.6 Å². The van der Waals surface area contributed by atoms with Crippen molar-refractivity contribution in [3.8, 4) is 16.9 Å². The molecule has 8 rings (SSSR count). The summed E-state index contributed by atoms with van der Waals surface area (Å²) in [6.45, 7) is 4.69. The van der Waals surface area contributed by atoms with Crippen molar-refractivity contribution in [1.82, 2.24) is 29.9 Å². The number of anilines is 1. The molecule has 2 aromatic heterocycles. The van der Waals surface area contributed by atoms with Crippen LogP contribution in [0.25, 0.3) is 11.1 Å². The Morgan fingerprint density at radius 3 is 2.43 bits per heavy atom. The molecular formula is C41H42Cl2FN7O5. The third-order valence-corrected chi connectivity index (χ3v) is 12.5. The number of aromatic nitrogens is 3. The van der Waals surface area contributed by atoms with Crippen LogP contribution >= 0.6 is 23.2 Å². The topological polar surface area (TPSA) is 153 Å². The number of nitrogens with one attached hydrogen (secondary N) is 1. The zero-order valence-electron chi connectivity index (χ0n) is 30.8. The first-order valence-electron chi connectivity index (χ1n) is 19.1. The fourth-order valence-electron chi connectivity index (χ4n) is 8.71. The number of nitrogen functional groups attached to an aromatic ring is 1. The van der Waals surface area contributed by atoms with Gasteiger partial charge in [0.15, 0.2) is 11.6 Å². The minimum absolute atomic E-state index is 0.0944. The van der Waals surface area contributed by atoms with Gasteiger partial charge in [-0.3, -0.25) is 34.1 Å². The first-order valence-corrected chi connectivity index (χ1v) is 19.9. The number of piperidine rings is 2. The van der Waals surface area contributed by atoms with Crippen LogP contribution in [0.4, 0.5) is 10.2 Å². The average Bonchev–Trinajstić information content (AvgIpc) is 3.77. The summed E-state index contributed by atoms with van der Waals surface area (Å²) in [5.74, 6) is -1.11. The van der Waals surface area contributed by atoms with Crippen LogP contribution in [0.1, 0.15) is 108 Å². The van der Waals surface area contributed by atoms with Crippen molar-refractivity contribution in [3.05, 3.63) is 93.1 Å². The van der Waals surface area contributed by atoms with Crippen LogP contribution in [0.2, 0.25) is 10.0 Å². The fourth-order valence-corrected chi connectivity index (χ4v) is 9.39. The van der Waals surface area contributed by atoms with Crippen molar-refractivity contribution in [2.24, 2.45) is 5.92 Å². The van der Waals surface area contributed by atoms with Gasteiger partial charge >= 0.3 is 0 Å². The summed E-state index contributed by atoms with van der Waals surface area (Å²) < 4.78 is 22.3. The largest absolute Gasteiger partial charge is 0.482 e. The van der Waals surface area contributed by atoms with Crippen LogP contribution < -0.4 is 15.8 Å². The molecule has 2 atom stereocenters. The lowest BCUT2D eigenvalue weighted by atomic mass is 9.84. The molecule has 0 radical (unpaired) electrons. The molecule has 0 bridgehead atoms. The van der Waals surface area contributed by atoms with E-state index in [2.05, 4.69) is 15.2 Å². The van der Waals surface area contributed by atoms with Crippen molar-refractivity contribution in [2.75, 3.05) is 25.4 Å². The zero-order chi connectivity index (χ0) is 39.2. The molecule has 2 aromatic carbocycles. The number of hydrogen-bond acceptors (Lipinski definition) is 9. The van der Waals surface area contributed by atoms with Crippen molar-refractivity contribution < 1.29 is 28.3 Å². The molecule has 2 unspecified atom stereocenters. The van der Waals surface area contributed by atoms with Crippen LogP contribution in [-0.2, 0) is 9.59 Å². The van der Waals surface area contributed by atoms with Gasteiger partial charge in [0, 0.05) is 47.1 Å². The monoisotopic (exact) mass is 801 g/mol. The number of amides is 4. The summed E-state index contributed by atoms with van der Waals surface area (Å²) in [5.41, 5.74) is 9.86. The van der Waals surface area contributed by atoms with Gasteiger partial charge < -0.3 is 15.4 Å². The molecule has 15 heteroatoms. The lowest BCUT2D eigenvalue weighted by molar-refractivity contribution is -0.136. The van der Waals surface area contributed by atoms with Crippen LogP contribution in [0.3, 0.4) is 0 Å². The molecule has 3 N–H and O–H groups in total. The Labute approximate surface area is 333 Å². The minimum atomic E-state index is -0.965. The minimum Gasteiger partial charge on any atom is -0.482 e. The van der Waals surface area contributed by atoms with Gasteiger partial charge in [-0.1, -0.05) is 29.3 Å². The standard InChI is InChI=1S/C41H42Cl2FN7O5/c1-22(36-31(42)8-9-32(44)37(36)43)56-34-17-26(18-46-38(34)45)27-19-47-50(21-27)28-5-2-23(3-6-28)20-49-14-12-24(13-15-49)25-4-7-29-30(16-25)41(55)51(40(29)54)33-10-11-35(52)48-39(33)53/h4,7-9,16-19,21-24,28,33H,2-3,5-6,10-15,20H2,1H3,(H2,45,46)(H,48,52,53). The van der Waals surface area contributed by atoms with Gasteiger partial charge in [-0.05, 0) is 113 Å². The Hall–Kier alpha value is -4.85. The molecule has 2 saturated heterocycles. The van der Waals surface area contributed by atoms with E-state index in [4.69, 9.17) is 38.8 Å². The molecule has 3 aliphatic heterocycles. The third-order valence-electron chi connectivity index (χ3n) is 11.8. The number of imide groups is 2. The molecule has 5 heterocycles. The highest BCUT2D eigenvalue weighted by Gasteiger charge is 2.45. The molecule has 4 aliphatic rings. The molecule has 1 aliphatic carbocycles. The van der Waals surface area contributed by atoms with Crippen molar-refractivity contribution >= 4 is 52.6 Å². The maximum Gasteiger partial charge on any atom is 0.262 e. The van der Waals surface area contributed by atoms with Gasteiger partial charge in [-0.2, -0.15) is 5.10 Å². The maximum atomic E-state index is 14.2. The third kappa shape index (κ3) is 7.39. The van der Waals surface area contributed by atoms with Crippen LogP contribution in [-0.4, -0.2) is 73.9 Å². The lowest BCUT2D eigenvalue weighted by Gasteiger charge is -2.37. The Morgan fingerprint density at radius 2 is 1.68 bits per heavy atom. The number of pyridine rings is 1. The number of benzene rings is 2. The molecular weight excluding hydrogens is 760 g/mol. The lowest BCUT2D eigenvalue weighted by Crippen LogP contribution is -2.54. The van der Waals surface area contributed by atoms with Gasteiger partial charge in [0.1, 0.15) is 18.0 Å². The SMILES string of the molecule is CC(Oc1cc(-c2cnn(C3CCC(CN4CCC(c5ccc6c(c5)C(=O)N(C5CCC(=O)NC5=O)C6=O)CC4)CC3)c2)cnc1N)c1c(Cl)ccc(F)c1Cl. The van der Waals surface area contributed by atoms with E-state index in [-0.39, 0.29) is 29.6 Å². The van der Waals surface area contributed by atoms with E-state index in [1.807, 2.05) is 29.2 Å². The summed E-state index contributed by atoms with van der Waals surface area (Å²) in [5, 5.41) is 7.16. The fraction of sp³-hybridized carbons (Fsp3) is 0.415. The zero-order valence-corrected chi connectivity index (χ0v) is 32.4. The van der Waals surface area contributed by atoms with Gasteiger partial charge in [0.05, 0.1) is 28.4 Å². The highest BCUT2D eigenvalue weighted by Crippen LogP contribution is 2.39. The number of ether oxygens (including phenoxy) is 1. The molecule has 4 aromatic rings. The van der Waals surface area contributed by atoms with Gasteiger partial charge in [0.25, 0.3) is 11.8 Å². The first kappa shape index (κ1) is 38.0. The van der Waals surface area contributed by atoms with Crippen LogP contribution in [0, 0.1) is 11.7 Å². The summed E-state index contributed by atoms with van der Waals surface area (Å²) in [4.78, 5) is 58.4. The number of nitrogens with zero attached hydrogens (tertiary/aromatic N) is 5. The van der Waals surface area contributed by atoms with E-state index >= 15 is 0 Å². The molecule has 12 nitrogen and oxygen atoms in total. The van der Waals surface area contributed by atoms with E-state index in [1.165, 1.54) is 12.1 Å². The Kier molecular flexibility index (Phi) is 10.6. The predicted octanol–water partition coefficient (Wildman–Crippen LogP) is 7.13. The normalized spacial score (nSPS) is 22.6. The highest BCUT2D eigenvalue weighted by molar-refractivity contribution is 6.36. The van der Waals surface area contributed by atoms with E-state index in [1.54, 1.807) is 25.3 Å². The number of halogens is 3. The van der Waals surface area contributed by atoms with Crippen LogP contribution in [0.15, 0.2) is 55.0 Å². The van der Waals surface area contributed by atoms with Gasteiger partial charge in [-0.25, -0.2) is 9.37 Å². The number of rotatable bonds is 9.